The van der Waals surface area contributed by atoms with Crippen LogP contribution >= 0.6 is 11.6 Å². The number of carbonyl (C=O) groups excluding carboxylic acids is 1. The van der Waals surface area contributed by atoms with E-state index in [-0.39, 0.29) is 5.91 Å². The Hall–Kier alpha value is -3.09. The molecule has 0 atom stereocenters. The first-order valence-electron chi connectivity index (χ1n) is 9.75. The molecule has 1 N–H and O–H groups in total. The minimum atomic E-state index is -0.248. The van der Waals surface area contributed by atoms with E-state index in [1.54, 1.807) is 18.3 Å². The number of halogens is 1. The number of rotatable bonds is 6. The van der Waals surface area contributed by atoms with Gasteiger partial charge in [0.1, 0.15) is 18.2 Å². The summed E-state index contributed by atoms with van der Waals surface area (Å²) < 4.78 is 11.2. The summed E-state index contributed by atoms with van der Waals surface area (Å²) in [5, 5.41) is 3.57. The van der Waals surface area contributed by atoms with E-state index in [4.69, 9.17) is 21.1 Å². The monoisotopic (exact) mass is 423 g/mol. The Labute approximate surface area is 180 Å². The van der Waals surface area contributed by atoms with Gasteiger partial charge in [-0.05, 0) is 42.0 Å². The lowest BCUT2D eigenvalue weighted by atomic mass is 10.2. The molecule has 7 heteroatoms. The van der Waals surface area contributed by atoms with E-state index in [0.717, 1.165) is 24.5 Å². The van der Waals surface area contributed by atoms with Crippen LogP contribution in [0.4, 0.5) is 11.5 Å². The van der Waals surface area contributed by atoms with Crippen molar-refractivity contribution in [2.45, 2.75) is 6.61 Å². The van der Waals surface area contributed by atoms with Gasteiger partial charge in [-0.1, -0.05) is 35.9 Å². The maximum absolute atomic E-state index is 12.8. The van der Waals surface area contributed by atoms with Crippen molar-refractivity contribution in [1.82, 2.24) is 4.98 Å². The highest BCUT2D eigenvalue weighted by Gasteiger charge is 2.15. The van der Waals surface area contributed by atoms with E-state index in [2.05, 4.69) is 15.2 Å². The fourth-order valence-corrected chi connectivity index (χ4v) is 3.29. The smallest absolute Gasteiger partial charge is 0.259 e. The first kappa shape index (κ1) is 20.2. The van der Waals surface area contributed by atoms with Crippen molar-refractivity contribution in [3.8, 4) is 5.75 Å². The average Bonchev–Trinajstić information content (AvgIpc) is 2.80. The molecule has 0 bridgehead atoms. The van der Waals surface area contributed by atoms with E-state index in [0.29, 0.717) is 41.8 Å². The summed E-state index contributed by atoms with van der Waals surface area (Å²) in [6, 6.07) is 18.3. The Bertz CT molecular complexity index is 987. The summed E-state index contributed by atoms with van der Waals surface area (Å²) in [5.41, 5.74) is 2.06. The second-order valence-corrected chi connectivity index (χ2v) is 7.31. The number of nitrogens with one attached hydrogen (secondary N) is 1. The van der Waals surface area contributed by atoms with Crippen LogP contribution in [0.25, 0.3) is 0 Å². The molecule has 1 aromatic heterocycles. The zero-order valence-corrected chi connectivity index (χ0v) is 17.1. The molecule has 1 amide bonds. The van der Waals surface area contributed by atoms with Crippen LogP contribution in [0.2, 0.25) is 5.02 Å². The van der Waals surface area contributed by atoms with Gasteiger partial charge in [0, 0.05) is 18.1 Å². The van der Waals surface area contributed by atoms with Gasteiger partial charge in [0.2, 0.25) is 0 Å². The van der Waals surface area contributed by atoms with Gasteiger partial charge in [-0.2, -0.15) is 0 Å². The largest absolute Gasteiger partial charge is 0.488 e. The number of carbonyl (C=O) groups is 1. The summed E-state index contributed by atoms with van der Waals surface area (Å²) in [6.07, 6.45) is 1.67. The number of benzene rings is 2. The number of amides is 1. The van der Waals surface area contributed by atoms with Crippen molar-refractivity contribution in [2.75, 3.05) is 36.5 Å². The van der Waals surface area contributed by atoms with Crippen molar-refractivity contribution in [3.05, 3.63) is 83.0 Å². The topological polar surface area (TPSA) is 63.7 Å². The Morgan fingerprint density at radius 3 is 2.57 bits per heavy atom. The molecule has 2 aromatic carbocycles. The number of pyridine rings is 1. The first-order valence-corrected chi connectivity index (χ1v) is 10.1. The van der Waals surface area contributed by atoms with Crippen LogP contribution in [0.15, 0.2) is 66.9 Å². The Morgan fingerprint density at radius 1 is 1.07 bits per heavy atom. The van der Waals surface area contributed by atoms with Gasteiger partial charge in [-0.3, -0.25) is 4.79 Å². The summed E-state index contributed by atoms with van der Waals surface area (Å²) in [5.74, 6) is 1.15. The fraction of sp³-hybridized carbons (Fsp3) is 0.217. The molecule has 30 heavy (non-hydrogen) atoms. The molecule has 1 aliphatic heterocycles. The zero-order chi connectivity index (χ0) is 20.8. The van der Waals surface area contributed by atoms with Gasteiger partial charge < -0.3 is 19.7 Å². The number of anilines is 2. The number of morpholine rings is 1. The third-order valence-corrected chi connectivity index (χ3v) is 5.03. The number of hydrogen-bond acceptors (Lipinski definition) is 5. The van der Waals surface area contributed by atoms with Gasteiger partial charge in [-0.15, -0.1) is 0 Å². The molecular formula is C23H22ClN3O3. The summed E-state index contributed by atoms with van der Waals surface area (Å²) in [6.45, 7) is 3.38. The van der Waals surface area contributed by atoms with Gasteiger partial charge in [0.25, 0.3) is 5.91 Å². The van der Waals surface area contributed by atoms with Crippen molar-refractivity contribution < 1.29 is 14.3 Å². The maximum Gasteiger partial charge on any atom is 0.259 e. The zero-order valence-electron chi connectivity index (χ0n) is 16.4. The number of para-hydroxylation sites is 1. The van der Waals surface area contributed by atoms with Crippen LogP contribution < -0.4 is 15.0 Å². The van der Waals surface area contributed by atoms with E-state index in [9.17, 15) is 4.79 Å². The van der Waals surface area contributed by atoms with Crippen molar-refractivity contribution >= 4 is 29.0 Å². The Kier molecular flexibility index (Phi) is 6.47. The summed E-state index contributed by atoms with van der Waals surface area (Å²) in [4.78, 5) is 19.4. The molecule has 1 aliphatic rings. The molecule has 1 fully saturated rings. The standard InChI is InChI=1S/C23H22ClN3O3/c24-18-7-5-17(6-8-18)16-30-21-4-2-1-3-20(21)23(28)26-19-9-10-22(25-15-19)27-11-13-29-14-12-27/h1-10,15H,11-14,16H2,(H,26,28). The molecule has 0 radical (unpaired) electrons. The van der Waals surface area contributed by atoms with E-state index >= 15 is 0 Å². The van der Waals surface area contributed by atoms with Gasteiger partial charge in [0.05, 0.1) is 30.7 Å². The lowest BCUT2D eigenvalue weighted by Crippen LogP contribution is -2.36. The molecule has 0 aliphatic carbocycles. The molecular weight excluding hydrogens is 402 g/mol. The molecule has 2 heterocycles. The van der Waals surface area contributed by atoms with Crippen LogP contribution in [0.3, 0.4) is 0 Å². The molecule has 0 spiro atoms. The molecule has 6 nitrogen and oxygen atoms in total. The first-order chi connectivity index (χ1) is 14.7. The van der Waals surface area contributed by atoms with Crippen LogP contribution in [0.5, 0.6) is 5.75 Å². The normalized spacial score (nSPS) is 13.7. The highest BCUT2D eigenvalue weighted by molar-refractivity contribution is 6.30. The van der Waals surface area contributed by atoms with Gasteiger partial charge in [-0.25, -0.2) is 4.98 Å². The van der Waals surface area contributed by atoms with Crippen LogP contribution in [-0.2, 0) is 11.3 Å². The highest BCUT2D eigenvalue weighted by Crippen LogP contribution is 2.22. The second kappa shape index (κ2) is 9.61. The summed E-state index contributed by atoms with van der Waals surface area (Å²) >= 11 is 5.92. The molecule has 0 saturated carbocycles. The quantitative estimate of drug-likeness (QED) is 0.636. The van der Waals surface area contributed by atoms with Crippen molar-refractivity contribution in [3.63, 3.8) is 0 Å². The van der Waals surface area contributed by atoms with Crippen LogP contribution in [0, 0.1) is 0 Å². The van der Waals surface area contributed by atoms with E-state index in [1.165, 1.54) is 0 Å². The third kappa shape index (κ3) is 5.09. The molecule has 154 valence electrons. The van der Waals surface area contributed by atoms with Crippen LogP contribution in [0.1, 0.15) is 15.9 Å². The average molecular weight is 424 g/mol. The lowest BCUT2D eigenvalue weighted by Gasteiger charge is -2.27. The molecule has 0 unspecified atom stereocenters. The number of aromatic nitrogens is 1. The highest BCUT2D eigenvalue weighted by atomic mass is 35.5. The number of ether oxygens (including phenoxy) is 2. The molecule has 4 rings (SSSR count). The minimum absolute atomic E-state index is 0.248. The molecule has 1 saturated heterocycles. The van der Waals surface area contributed by atoms with Crippen molar-refractivity contribution in [1.29, 1.82) is 0 Å². The number of hydrogen-bond donors (Lipinski definition) is 1. The summed E-state index contributed by atoms with van der Waals surface area (Å²) in [7, 11) is 0. The predicted molar refractivity (Wildman–Crippen MR) is 117 cm³/mol. The number of nitrogens with zero attached hydrogens (tertiary/aromatic N) is 2. The lowest BCUT2D eigenvalue weighted by molar-refractivity contribution is 0.102. The SMILES string of the molecule is O=C(Nc1ccc(N2CCOCC2)nc1)c1ccccc1OCc1ccc(Cl)cc1. The third-order valence-electron chi connectivity index (χ3n) is 4.78. The maximum atomic E-state index is 12.8. The van der Waals surface area contributed by atoms with Gasteiger partial charge in [0.15, 0.2) is 0 Å². The van der Waals surface area contributed by atoms with Crippen LogP contribution in [-0.4, -0.2) is 37.2 Å². The predicted octanol–water partition coefficient (Wildman–Crippen LogP) is 4.40. The van der Waals surface area contributed by atoms with E-state index < -0.39 is 0 Å². The van der Waals surface area contributed by atoms with Crippen molar-refractivity contribution in [2.24, 2.45) is 0 Å². The minimum Gasteiger partial charge on any atom is -0.488 e. The Balaban J connectivity index is 1.41. The Morgan fingerprint density at radius 2 is 1.83 bits per heavy atom. The van der Waals surface area contributed by atoms with E-state index in [1.807, 2.05) is 48.5 Å². The fourth-order valence-electron chi connectivity index (χ4n) is 3.16. The molecule has 3 aromatic rings. The second-order valence-electron chi connectivity index (χ2n) is 6.87. The van der Waals surface area contributed by atoms with Gasteiger partial charge >= 0.3 is 0 Å².